The van der Waals surface area contributed by atoms with Gasteiger partial charge in [-0.15, -0.1) is 0 Å². The molecule has 0 bridgehead atoms. The minimum atomic E-state index is -0.845. The highest BCUT2D eigenvalue weighted by atomic mass is 16.5. The van der Waals surface area contributed by atoms with Crippen molar-refractivity contribution in [2.24, 2.45) is 0 Å². The van der Waals surface area contributed by atoms with Crippen LogP contribution in [0, 0.1) is 0 Å². The predicted octanol–water partition coefficient (Wildman–Crippen LogP) is 14.9. The standard InChI is InChI=1S/C52H97NO5/c1-3-5-7-9-11-13-25-30-34-38-42-46-52(57)58-47-43-39-35-31-27-24-22-20-18-16-14-15-17-19-21-23-26-29-33-37-41-45-51(56)53-49(48-54)50(55)44-40-36-32-28-12-10-8-6-4-2/h24,27,35,39-40,44,49-50,54-55H,3-23,25-26,28-34,36-38,41-43,45-48H2,1-2H3,(H,53,56)/b27-24-,39-35-,44-40+. The Balaban J connectivity index is 3.46. The van der Waals surface area contributed by atoms with Gasteiger partial charge in [-0.05, 0) is 51.4 Å². The van der Waals surface area contributed by atoms with Crippen LogP contribution in [-0.4, -0.2) is 47.4 Å². The number of hydrogen-bond donors (Lipinski definition) is 3. The summed E-state index contributed by atoms with van der Waals surface area (Å²) in [6.45, 7) is 4.75. The number of nitrogens with one attached hydrogen (secondary N) is 1. The van der Waals surface area contributed by atoms with Crippen LogP contribution in [0.5, 0.6) is 0 Å². The average Bonchev–Trinajstić information content (AvgIpc) is 3.22. The van der Waals surface area contributed by atoms with E-state index in [-0.39, 0.29) is 18.5 Å². The van der Waals surface area contributed by atoms with Gasteiger partial charge < -0.3 is 20.3 Å². The smallest absolute Gasteiger partial charge is 0.305 e. The van der Waals surface area contributed by atoms with Gasteiger partial charge in [-0.25, -0.2) is 0 Å². The fourth-order valence-electron chi connectivity index (χ4n) is 7.53. The van der Waals surface area contributed by atoms with Gasteiger partial charge in [0.1, 0.15) is 0 Å². The Kier molecular flexibility index (Phi) is 46.2. The summed E-state index contributed by atoms with van der Waals surface area (Å²) >= 11 is 0. The Morgan fingerprint density at radius 1 is 0.483 bits per heavy atom. The van der Waals surface area contributed by atoms with Gasteiger partial charge in [0.25, 0.3) is 0 Å². The maximum atomic E-state index is 12.4. The minimum absolute atomic E-state index is 0.0371. The van der Waals surface area contributed by atoms with Crippen molar-refractivity contribution in [3.63, 3.8) is 0 Å². The summed E-state index contributed by atoms with van der Waals surface area (Å²) in [6, 6.07) is -0.629. The summed E-state index contributed by atoms with van der Waals surface area (Å²) in [5.74, 6) is -0.113. The average molecular weight is 816 g/mol. The highest BCUT2D eigenvalue weighted by Crippen LogP contribution is 2.15. The number of aliphatic hydroxyl groups is 2. The summed E-state index contributed by atoms with van der Waals surface area (Å²) in [4.78, 5) is 24.3. The number of unbranched alkanes of at least 4 members (excludes halogenated alkanes) is 31. The van der Waals surface area contributed by atoms with E-state index in [1.165, 1.54) is 180 Å². The molecule has 0 aliphatic carbocycles. The van der Waals surface area contributed by atoms with Crippen molar-refractivity contribution >= 4 is 11.9 Å². The minimum Gasteiger partial charge on any atom is -0.465 e. The fraction of sp³-hybridized carbons (Fsp3) is 0.846. The molecule has 340 valence electrons. The molecule has 0 aliphatic heterocycles. The van der Waals surface area contributed by atoms with Gasteiger partial charge in [-0.2, -0.15) is 0 Å². The maximum Gasteiger partial charge on any atom is 0.305 e. The van der Waals surface area contributed by atoms with Crippen molar-refractivity contribution in [2.75, 3.05) is 13.2 Å². The van der Waals surface area contributed by atoms with Crippen molar-refractivity contribution in [1.29, 1.82) is 0 Å². The van der Waals surface area contributed by atoms with E-state index >= 15 is 0 Å². The number of carbonyl (C=O) groups is 2. The Bertz CT molecular complexity index is 946. The molecule has 0 fully saturated rings. The summed E-state index contributed by atoms with van der Waals surface area (Å²) in [6.07, 6.45) is 57.4. The number of aliphatic hydroxyl groups excluding tert-OH is 2. The molecule has 0 rings (SSSR count). The van der Waals surface area contributed by atoms with Crippen LogP contribution < -0.4 is 5.32 Å². The molecule has 2 atom stereocenters. The van der Waals surface area contributed by atoms with Crippen LogP contribution in [0.25, 0.3) is 0 Å². The molecule has 0 saturated carbocycles. The lowest BCUT2D eigenvalue weighted by molar-refractivity contribution is -0.143. The lowest BCUT2D eigenvalue weighted by Gasteiger charge is -2.20. The first-order chi connectivity index (χ1) is 28.5. The zero-order chi connectivity index (χ0) is 42.3. The fourth-order valence-corrected chi connectivity index (χ4v) is 7.53. The number of amides is 1. The molecule has 6 heteroatoms. The largest absolute Gasteiger partial charge is 0.465 e. The summed E-state index contributed by atoms with van der Waals surface area (Å²) in [5.41, 5.74) is 0. The molecule has 6 nitrogen and oxygen atoms in total. The molecule has 0 saturated heterocycles. The topological polar surface area (TPSA) is 95.9 Å². The Hall–Kier alpha value is -1.92. The molecular formula is C52H97NO5. The number of rotatable bonds is 46. The van der Waals surface area contributed by atoms with Crippen LogP contribution in [0.15, 0.2) is 36.5 Å². The third kappa shape index (κ3) is 43.7. The molecule has 3 N–H and O–H groups in total. The molecule has 1 amide bonds. The van der Waals surface area contributed by atoms with E-state index < -0.39 is 12.1 Å². The first-order valence-electron chi connectivity index (χ1n) is 25.3. The van der Waals surface area contributed by atoms with Crippen molar-refractivity contribution in [2.45, 2.75) is 270 Å². The van der Waals surface area contributed by atoms with E-state index in [1.807, 2.05) is 6.08 Å². The van der Waals surface area contributed by atoms with Gasteiger partial charge in [-0.3, -0.25) is 9.59 Å². The second-order valence-electron chi connectivity index (χ2n) is 17.1. The van der Waals surface area contributed by atoms with Gasteiger partial charge >= 0.3 is 5.97 Å². The molecule has 58 heavy (non-hydrogen) atoms. The van der Waals surface area contributed by atoms with E-state index in [4.69, 9.17) is 4.74 Å². The van der Waals surface area contributed by atoms with Crippen molar-refractivity contribution < 1.29 is 24.5 Å². The molecule has 0 aromatic heterocycles. The van der Waals surface area contributed by atoms with Gasteiger partial charge in [0, 0.05) is 12.8 Å². The van der Waals surface area contributed by atoms with E-state index in [2.05, 4.69) is 43.5 Å². The molecule has 2 unspecified atom stereocenters. The first-order valence-corrected chi connectivity index (χ1v) is 25.3. The van der Waals surface area contributed by atoms with Gasteiger partial charge in [0.05, 0.1) is 25.4 Å². The molecule has 0 radical (unpaired) electrons. The third-order valence-electron chi connectivity index (χ3n) is 11.4. The van der Waals surface area contributed by atoms with Crippen LogP contribution in [0.1, 0.15) is 258 Å². The van der Waals surface area contributed by atoms with Gasteiger partial charge in [0.2, 0.25) is 5.91 Å². The molecule has 0 spiro atoms. The third-order valence-corrected chi connectivity index (χ3v) is 11.4. The van der Waals surface area contributed by atoms with E-state index in [0.717, 1.165) is 51.4 Å². The maximum absolute atomic E-state index is 12.4. The summed E-state index contributed by atoms with van der Waals surface area (Å²) in [7, 11) is 0. The monoisotopic (exact) mass is 816 g/mol. The Morgan fingerprint density at radius 2 is 0.862 bits per heavy atom. The van der Waals surface area contributed by atoms with Crippen molar-refractivity contribution in [3.05, 3.63) is 36.5 Å². The van der Waals surface area contributed by atoms with E-state index in [9.17, 15) is 19.8 Å². The number of carbonyl (C=O) groups excluding carboxylic acids is 2. The predicted molar refractivity (Wildman–Crippen MR) is 250 cm³/mol. The Labute approximate surface area is 360 Å². The first kappa shape index (κ1) is 56.1. The molecular weight excluding hydrogens is 719 g/mol. The van der Waals surface area contributed by atoms with Crippen molar-refractivity contribution in [3.8, 4) is 0 Å². The summed E-state index contributed by atoms with van der Waals surface area (Å²) in [5, 5.41) is 22.9. The lowest BCUT2D eigenvalue weighted by atomic mass is 10.0. The molecule has 0 heterocycles. The normalized spacial score (nSPS) is 13.0. The second kappa shape index (κ2) is 47.8. The quantitative estimate of drug-likeness (QED) is 0.0323. The van der Waals surface area contributed by atoms with Crippen LogP contribution in [-0.2, 0) is 14.3 Å². The molecule has 0 aliphatic rings. The van der Waals surface area contributed by atoms with Gasteiger partial charge in [-0.1, -0.05) is 230 Å². The number of allylic oxidation sites excluding steroid dienone is 4. The van der Waals surface area contributed by atoms with E-state index in [0.29, 0.717) is 19.4 Å². The van der Waals surface area contributed by atoms with Crippen LogP contribution in [0.4, 0.5) is 0 Å². The lowest BCUT2D eigenvalue weighted by Crippen LogP contribution is -2.45. The van der Waals surface area contributed by atoms with E-state index in [1.54, 1.807) is 6.08 Å². The van der Waals surface area contributed by atoms with Crippen LogP contribution >= 0.6 is 0 Å². The van der Waals surface area contributed by atoms with Gasteiger partial charge in [0.15, 0.2) is 0 Å². The SMILES string of the molecule is CCCCCCCCC/C=C/C(O)C(CO)NC(=O)CCCCCCCCCCCCCCCC/C=C\C/C=C\CCOC(=O)CCCCCCCCCCCCC. The number of ether oxygens (including phenoxy) is 1. The summed E-state index contributed by atoms with van der Waals surface area (Å²) < 4.78 is 5.39. The zero-order valence-corrected chi connectivity index (χ0v) is 38.5. The Morgan fingerprint density at radius 3 is 1.31 bits per heavy atom. The van der Waals surface area contributed by atoms with Crippen LogP contribution in [0.3, 0.4) is 0 Å². The molecule has 0 aromatic carbocycles. The van der Waals surface area contributed by atoms with Crippen molar-refractivity contribution in [1.82, 2.24) is 5.32 Å². The highest BCUT2D eigenvalue weighted by molar-refractivity contribution is 5.76. The zero-order valence-electron chi connectivity index (χ0n) is 38.5. The number of hydrogen-bond acceptors (Lipinski definition) is 5. The second-order valence-corrected chi connectivity index (χ2v) is 17.1. The number of esters is 1. The molecule has 0 aromatic rings. The highest BCUT2D eigenvalue weighted by Gasteiger charge is 2.18. The van der Waals surface area contributed by atoms with Crippen LogP contribution in [0.2, 0.25) is 0 Å².